The molecule has 3 rings (SSSR count). The van der Waals surface area contributed by atoms with Crippen molar-refractivity contribution in [2.45, 2.75) is 12.7 Å². The van der Waals surface area contributed by atoms with Crippen LogP contribution in [0.4, 0.5) is 33.9 Å². The predicted molar refractivity (Wildman–Crippen MR) is 94.1 cm³/mol. The van der Waals surface area contributed by atoms with E-state index in [1.165, 1.54) is 18.2 Å². The molecule has 0 spiro atoms. The highest BCUT2D eigenvalue weighted by Crippen LogP contribution is 2.30. The summed E-state index contributed by atoms with van der Waals surface area (Å²) in [7, 11) is 0. The zero-order chi connectivity index (χ0) is 20.6. The predicted octanol–water partition coefficient (Wildman–Crippen LogP) is 2.68. The number of benzene rings is 2. The third-order valence-corrected chi connectivity index (χ3v) is 3.91. The van der Waals surface area contributed by atoms with Crippen molar-refractivity contribution >= 4 is 28.6 Å². The van der Waals surface area contributed by atoms with E-state index in [9.17, 15) is 27.2 Å². The Kier molecular flexibility index (Phi) is 4.67. The van der Waals surface area contributed by atoms with Crippen LogP contribution in [0.15, 0.2) is 41.2 Å². The minimum atomic E-state index is -4.68. The first-order chi connectivity index (χ1) is 13.1. The molecule has 0 saturated carbocycles. The molecule has 11 heteroatoms. The number of fused-ring (bicyclic) bond motifs is 1. The fraction of sp³-hybridized carbons (Fsp3) is 0.118. The molecule has 146 valence electrons. The second-order valence-corrected chi connectivity index (χ2v) is 5.89. The van der Waals surface area contributed by atoms with Gasteiger partial charge >= 0.3 is 12.2 Å². The van der Waals surface area contributed by atoms with Crippen LogP contribution in [0.2, 0.25) is 0 Å². The van der Waals surface area contributed by atoms with Crippen LogP contribution in [0.1, 0.15) is 11.1 Å². The van der Waals surface area contributed by atoms with Gasteiger partial charge in [-0.05, 0) is 36.4 Å². The van der Waals surface area contributed by atoms with Gasteiger partial charge in [0.25, 0.3) is 5.56 Å². The number of nitrogens with one attached hydrogen (secondary N) is 1. The molecule has 0 aliphatic carbocycles. The van der Waals surface area contributed by atoms with Gasteiger partial charge < -0.3 is 11.5 Å². The largest absolute Gasteiger partial charge is 0.416 e. The Morgan fingerprint density at radius 1 is 1.18 bits per heavy atom. The molecule has 2 aromatic carbocycles. The number of carbonyl (C=O) groups excluding carboxylic acids is 1. The number of urea groups is 1. The first-order valence-corrected chi connectivity index (χ1v) is 7.78. The number of nitrogens with two attached hydrogens (primary N) is 2. The quantitative estimate of drug-likeness (QED) is 0.467. The van der Waals surface area contributed by atoms with Gasteiger partial charge in [0.15, 0.2) is 0 Å². The molecular formula is C17H13F4N5O2. The standard InChI is InChI=1S/C17H13F4N5O2/c18-11-3-1-9(17(19,20)21)5-8(11)7-26-13-4-2-10(22)6-12(13)24-14(15(26)27)25-16(23)28/h1-6H,7,22H2,(H3,23,24,25,28). The topological polar surface area (TPSA) is 116 Å². The average Bonchev–Trinajstić information content (AvgIpc) is 2.58. The summed E-state index contributed by atoms with van der Waals surface area (Å²) < 4.78 is 54.0. The monoisotopic (exact) mass is 395 g/mol. The molecule has 3 aromatic rings. The Bertz CT molecular complexity index is 1140. The molecule has 2 amide bonds. The molecule has 1 aromatic heterocycles. The van der Waals surface area contributed by atoms with Gasteiger partial charge in [-0.2, -0.15) is 13.2 Å². The second-order valence-electron chi connectivity index (χ2n) is 5.89. The molecule has 5 N–H and O–H groups in total. The van der Waals surface area contributed by atoms with Crippen molar-refractivity contribution in [2.24, 2.45) is 5.73 Å². The highest BCUT2D eigenvalue weighted by Gasteiger charge is 2.31. The summed E-state index contributed by atoms with van der Waals surface area (Å²) >= 11 is 0. The molecule has 7 nitrogen and oxygen atoms in total. The number of rotatable bonds is 3. The van der Waals surface area contributed by atoms with Crippen LogP contribution in [0.25, 0.3) is 11.0 Å². The van der Waals surface area contributed by atoms with Gasteiger partial charge in [0.1, 0.15) is 5.82 Å². The first-order valence-electron chi connectivity index (χ1n) is 7.78. The van der Waals surface area contributed by atoms with Crippen molar-refractivity contribution in [3.05, 3.63) is 63.7 Å². The lowest BCUT2D eigenvalue weighted by molar-refractivity contribution is -0.137. The fourth-order valence-electron chi connectivity index (χ4n) is 2.66. The van der Waals surface area contributed by atoms with Crippen molar-refractivity contribution in [2.75, 3.05) is 11.1 Å². The minimum Gasteiger partial charge on any atom is -0.399 e. The normalized spacial score (nSPS) is 11.6. The maximum atomic E-state index is 14.1. The van der Waals surface area contributed by atoms with E-state index in [4.69, 9.17) is 11.5 Å². The molecule has 0 aliphatic heterocycles. The maximum Gasteiger partial charge on any atom is 0.416 e. The molecular weight excluding hydrogens is 382 g/mol. The molecule has 0 unspecified atom stereocenters. The number of nitrogens with zero attached hydrogens (tertiary/aromatic N) is 2. The van der Waals surface area contributed by atoms with Gasteiger partial charge in [0.2, 0.25) is 5.82 Å². The van der Waals surface area contributed by atoms with E-state index in [0.717, 1.165) is 4.57 Å². The third kappa shape index (κ3) is 3.72. The van der Waals surface area contributed by atoms with E-state index in [1.807, 2.05) is 5.32 Å². The molecule has 0 bridgehead atoms. The summed E-state index contributed by atoms with van der Waals surface area (Å²) in [6.45, 7) is -0.537. The van der Waals surface area contributed by atoms with Gasteiger partial charge in [-0.15, -0.1) is 0 Å². The molecule has 0 fully saturated rings. The summed E-state index contributed by atoms with van der Waals surface area (Å²) in [6, 6.07) is 5.08. The third-order valence-electron chi connectivity index (χ3n) is 3.91. The first kappa shape index (κ1) is 19.1. The summed E-state index contributed by atoms with van der Waals surface area (Å²) in [6.07, 6.45) is -4.68. The van der Waals surface area contributed by atoms with Crippen molar-refractivity contribution in [1.29, 1.82) is 0 Å². The van der Waals surface area contributed by atoms with Gasteiger partial charge in [-0.3, -0.25) is 14.7 Å². The Hall–Kier alpha value is -3.63. The van der Waals surface area contributed by atoms with E-state index in [2.05, 4.69) is 4.98 Å². The fourth-order valence-corrected chi connectivity index (χ4v) is 2.66. The summed E-state index contributed by atoms with van der Waals surface area (Å²) in [4.78, 5) is 27.7. The molecule has 0 aliphatic rings. The lowest BCUT2D eigenvalue weighted by Crippen LogP contribution is -2.30. The zero-order valence-electron chi connectivity index (χ0n) is 14.0. The smallest absolute Gasteiger partial charge is 0.399 e. The number of nitrogen functional groups attached to an aromatic ring is 1. The zero-order valence-corrected chi connectivity index (χ0v) is 14.0. The summed E-state index contributed by atoms with van der Waals surface area (Å²) in [5, 5.41) is 2.04. The number of hydrogen-bond donors (Lipinski definition) is 3. The van der Waals surface area contributed by atoms with Crippen LogP contribution in [0.5, 0.6) is 0 Å². The van der Waals surface area contributed by atoms with Gasteiger partial charge in [0.05, 0.1) is 23.1 Å². The number of primary amides is 1. The molecule has 0 radical (unpaired) electrons. The molecule has 0 saturated heterocycles. The van der Waals surface area contributed by atoms with Crippen LogP contribution >= 0.6 is 0 Å². The van der Waals surface area contributed by atoms with Crippen LogP contribution in [-0.4, -0.2) is 15.6 Å². The van der Waals surface area contributed by atoms with E-state index in [1.54, 1.807) is 0 Å². The Labute approximate surface area is 154 Å². The van der Waals surface area contributed by atoms with Crippen LogP contribution < -0.4 is 22.3 Å². The number of hydrogen-bond acceptors (Lipinski definition) is 4. The van der Waals surface area contributed by atoms with Crippen LogP contribution in [0.3, 0.4) is 0 Å². The highest BCUT2D eigenvalue weighted by molar-refractivity contribution is 5.88. The summed E-state index contributed by atoms with van der Waals surface area (Å²) in [5.41, 5.74) is 9.04. The second kappa shape index (κ2) is 6.83. The van der Waals surface area contributed by atoms with E-state index in [0.29, 0.717) is 23.9 Å². The average molecular weight is 395 g/mol. The summed E-state index contributed by atoms with van der Waals surface area (Å²) in [5.74, 6) is -1.39. The number of aromatic nitrogens is 2. The lowest BCUT2D eigenvalue weighted by Gasteiger charge is -2.15. The van der Waals surface area contributed by atoms with Crippen molar-refractivity contribution < 1.29 is 22.4 Å². The van der Waals surface area contributed by atoms with Crippen molar-refractivity contribution in [3.8, 4) is 0 Å². The SMILES string of the molecule is NC(=O)Nc1nc2cc(N)ccc2n(Cc2cc(C(F)(F)F)ccc2F)c1=O. The number of alkyl halides is 3. The van der Waals surface area contributed by atoms with E-state index >= 15 is 0 Å². The Balaban J connectivity index is 2.21. The number of halogens is 4. The molecule has 0 atom stereocenters. The van der Waals surface area contributed by atoms with Crippen LogP contribution in [0, 0.1) is 5.82 Å². The van der Waals surface area contributed by atoms with Gasteiger partial charge in [-0.1, -0.05) is 0 Å². The number of amides is 2. The van der Waals surface area contributed by atoms with E-state index < -0.39 is 41.5 Å². The molecule has 28 heavy (non-hydrogen) atoms. The lowest BCUT2D eigenvalue weighted by atomic mass is 10.1. The van der Waals surface area contributed by atoms with Crippen molar-refractivity contribution in [3.63, 3.8) is 0 Å². The highest BCUT2D eigenvalue weighted by atomic mass is 19.4. The van der Waals surface area contributed by atoms with Gasteiger partial charge in [0, 0.05) is 11.3 Å². The maximum absolute atomic E-state index is 14.1. The number of carbonyl (C=O) groups is 1. The molecule has 1 heterocycles. The van der Waals surface area contributed by atoms with Crippen LogP contribution in [-0.2, 0) is 12.7 Å². The van der Waals surface area contributed by atoms with Gasteiger partial charge in [-0.25, -0.2) is 14.2 Å². The van der Waals surface area contributed by atoms with Crippen molar-refractivity contribution in [1.82, 2.24) is 9.55 Å². The Morgan fingerprint density at radius 3 is 2.54 bits per heavy atom. The minimum absolute atomic E-state index is 0.163. The number of anilines is 2. The Morgan fingerprint density at radius 2 is 1.89 bits per heavy atom. The van der Waals surface area contributed by atoms with E-state index in [-0.39, 0.29) is 16.6 Å².